The van der Waals surface area contributed by atoms with Crippen LogP contribution in [0.15, 0.2) is 54.6 Å². The summed E-state index contributed by atoms with van der Waals surface area (Å²) in [6.07, 6.45) is 8.98. The first-order valence-corrected chi connectivity index (χ1v) is 14.3. The van der Waals surface area contributed by atoms with Crippen molar-refractivity contribution in [3.63, 3.8) is 0 Å². The first-order chi connectivity index (χ1) is 21.7. The minimum atomic E-state index is 0. The van der Waals surface area contributed by atoms with E-state index in [0.717, 1.165) is 50.9 Å². The molecule has 0 aromatic carbocycles. The number of rotatable bonds is 0. The molecule has 0 unspecified atom stereocenters. The Balaban J connectivity index is -0.000000155. The van der Waals surface area contributed by atoms with Gasteiger partial charge in [0.25, 0.3) is 0 Å². The molecule has 0 spiro atoms. The minimum absolute atomic E-state index is 0. The van der Waals surface area contributed by atoms with Gasteiger partial charge >= 0.3 is 0 Å². The number of allylic oxidation sites excluding steroid dienone is 1. The third-order valence-electron chi connectivity index (χ3n) is 4.12. The average molecular weight is 654 g/mol. The van der Waals surface area contributed by atoms with E-state index >= 15 is 0 Å². The van der Waals surface area contributed by atoms with Crippen LogP contribution in [0.5, 0.6) is 0 Å². The summed E-state index contributed by atoms with van der Waals surface area (Å²) < 4.78 is 0. The molecule has 5 rings (SSSR count). The predicted octanol–water partition coefficient (Wildman–Crippen LogP) is 11.9. The van der Waals surface area contributed by atoms with Crippen molar-refractivity contribution in [3.8, 4) is 6.07 Å². The molecule has 6 heteroatoms. The zero-order valence-corrected chi connectivity index (χ0v) is 29.9. The molecule has 2 N–H and O–H groups in total. The van der Waals surface area contributed by atoms with Crippen molar-refractivity contribution in [3.05, 3.63) is 139 Å². The summed E-state index contributed by atoms with van der Waals surface area (Å²) in [6.45, 7) is 44.5. The monoisotopic (exact) mass is 652 g/mol. The zero-order valence-electron chi connectivity index (χ0n) is 28.9. The van der Waals surface area contributed by atoms with Crippen LogP contribution < -0.4 is 0 Å². The summed E-state index contributed by atoms with van der Waals surface area (Å²) in [5.74, 6) is 0. The Kier molecular flexibility index (Phi) is 50.8. The van der Waals surface area contributed by atoms with Gasteiger partial charge in [-0.15, -0.1) is 6.07 Å². The average Bonchev–Trinajstić information content (AvgIpc) is 3.96. The number of fused-ring (bicyclic) bond motifs is 8. The maximum Gasteiger partial charge on any atom is 0.0659 e. The number of hydrogen-bond acceptors (Lipinski definition) is 3. The predicted molar refractivity (Wildman–Crippen MR) is 202 cm³/mol. The van der Waals surface area contributed by atoms with Crippen molar-refractivity contribution >= 4 is 46.4 Å². The summed E-state index contributed by atoms with van der Waals surface area (Å²) in [5, 5.41) is 7.44. The first-order valence-electron chi connectivity index (χ1n) is 14.3. The second kappa shape index (κ2) is 42.5. The number of aromatic nitrogens is 4. The van der Waals surface area contributed by atoms with E-state index in [1.54, 1.807) is 61.5 Å². The van der Waals surface area contributed by atoms with Gasteiger partial charge in [-0.05, 0) is 72.8 Å². The molecule has 0 saturated heterocycles. The van der Waals surface area contributed by atoms with Crippen LogP contribution in [0.25, 0.3) is 46.4 Å². The van der Waals surface area contributed by atoms with E-state index in [9.17, 15) is 0 Å². The van der Waals surface area contributed by atoms with Crippen LogP contribution in [0, 0.1) is 73.3 Å². The van der Waals surface area contributed by atoms with E-state index in [0.29, 0.717) is 0 Å². The minimum Gasteiger partial charge on any atom is -0.355 e. The van der Waals surface area contributed by atoms with Crippen LogP contribution in [0.3, 0.4) is 0 Å². The Morgan fingerprint density at radius 3 is 0.978 bits per heavy atom. The van der Waals surface area contributed by atoms with E-state index in [1.807, 2.05) is 42.5 Å². The molecule has 0 fully saturated rings. The van der Waals surface area contributed by atoms with Gasteiger partial charge in [-0.3, -0.25) is 6.58 Å². The summed E-state index contributed by atoms with van der Waals surface area (Å²) in [4.78, 5) is 16.0. The molecule has 3 aromatic heterocycles. The molecule has 0 atom stereocenters. The van der Waals surface area contributed by atoms with Gasteiger partial charge in [0, 0.05) is 38.6 Å². The number of nitrogens with zero attached hydrogens (tertiary/aromatic N) is 3. The fourth-order valence-corrected chi connectivity index (χ4v) is 2.94. The molecule has 0 radical (unpaired) electrons. The SMILES string of the molecule is C1=Cc2cc3ccc(cc4ccc(cc5nc(cc1n2)C=C5)[nH]4)[nH]3.[CH-]=CC#N.[CH2-]C.[CH2-]C.[CH2-]C.[CH2-]C.[CH2-]C.[CH2-]C.[CH2-]C.[CH2-]C.[Ni]. The summed E-state index contributed by atoms with van der Waals surface area (Å²) in [6, 6.07) is 18.0. The van der Waals surface area contributed by atoms with Crippen LogP contribution in [0.2, 0.25) is 0 Å². The van der Waals surface area contributed by atoms with Gasteiger partial charge in [0.05, 0.1) is 22.8 Å². The van der Waals surface area contributed by atoms with Gasteiger partial charge in [0.2, 0.25) is 0 Å². The van der Waals surface area contributed by atoms with Gasteiger partial charge in [0.15, 0.2) is 0 Å². The van der Waals surface area contributed by atoms with Gasteiger partial charge in [0.1, 0.15) is 0 Å². The fourth-order valence-electron chi connectivity index (χ4n) is 2.94. The van der Waals surface area contributed by atoms with Crippen LogP contribution in [-0.4, -0.2) is 19.9 Å². The van der Waals surface area contributed by atoms with Crippen LogP contribution in [0.4, 0.5) is 0 Å². The smallest absolute Gasteiger partial charge is 0.0659 e. The molecule has 256 valence electrons. The largest absolute Gasteiger partial charge is 0.355 e. The van der Waals surface area contributed by atoms with Gasteiger partial charge in [-0.1, -0.05) is 0 Å². The maximum absolute atomic E-state index is 7.44. The van der Waals surface area contributed by atoms with Crippen molar-refractivity contribution in [1.82, 2.24) is 19.9 Å². The fraction of sp³-hybridized carbons (Fsp3) is 0.205. The van der Waals surface area contributed by atoms with E-state index in [-0.39, 0.29) is 16.5 Å². The molecular formula is C39H56N5Ni-9. The third-order valence-corrected chi connectivity index (χ3v) is 4.12. The summed E-state index contributed by atoms with van der Waals surface area (Å²) >= 11 is 0. The second-order valence-corrected chi connectivity index (χ2v) is 6.20. The molecule has 0 aliphatic carbocycles. The molecule has 0 amide bonds. The Labute approximate surface area is 288 Å². The quantitative estimate of drug-likeness (QED) is 0.0991. The Hall–Kier alpha value is -3.68. The molecule has 8 bridgehead atoms. The van der Waals surface area contributed by atoms with Gasteiger partial charge < -0.3 is 70.6 Å². The van der Waals surface area contributed by atoms with Gasteiger partial charge in [-0.25, -0.2) is 9.97 Å². The zero-order chi connectivity index (χ0) is 35.3. The van der Waals surface area contributed by atoms with E-state index in [1.165, 1.54) is 0 Å². The standard InChI is InChI=1S/C20H14N4.C3H2N.8C2H5.Ni/c1-2-14-10-16-5-6-18(23-16)12-20-8-7-19(24-20)11-17-4-3-15(22-17)9-13(1)21-14;1-2-3-4;8*1-2;/h1-12,21-22H;1-2H;8*1H2,2H3;/q;9*-1;. The van der Waals surface area contributed by atoms with Crippen LogP contribution in [-0.2, 0) is 16.5 Å². The number of hydrogen-bond donors (Lipinski definition) is 2. The Morgan fingerprint density at radius 2 is 0.733 bits per heavy atom. The maximum atomic E-state index is 7.44. The molecule has 0 saturated carbocycles. The van der Waals surface area contributed by atoms with Crippen LogP contribution in [0.1, 0.15) is 78.2 Å². The second-order valence-electron chi connectivity index (χ2n) is 6.20. The van der Waals surface area contributed by atoms with Crippen molar-refractivity contribution in [2.24, 2.45) is 0 Å². The molecule has 5 nitrogen and oxygen atoms in total. The number of nitrogens with one attached hydrogen (secondary N) is 2. The van der Waals surface area contributed by atoms with Gasteiger partial charge in [-0.2, -0.15) is 61.5 Å². The molecule has 2 aliphatic heterocycles. The molecule has 5 heterocycles. The van der Waals surface area contributed by atoms with E-state index in [2.05, 4.69) is 112 Å². The molecule has 2 aliphatic rings. The Bertz CT molecular complexity index is 1220. The van der Waals surface area contributed by atoms with Crippen LogP contribution >= 0.6 is 0 Å². The van der Waals surface area contributed by atoms with Crippen molar-refractivity contribution in [2.45, 2.75) is 55.4 Å². The number of nitriles is 1. The summed E-state index contributed by atoms with van der Waals surface area (Å²) in [7, 11) is 0. The molecular weight excluding hydrogens is 597 g/mol. The van der Waals surface area contributed by atoms with Crippen molar-refractivity contribution in [2.75, 3.05) is 0 Å². The number of H-pyrrole nitrogens is 2. The first kappa shape index (κ1) is 53.9. The normalized spacial score (nSPS) is 8.16. The van der Waals surface area contributed by atoms with Crippen molar-refractivity contribution < 1.29 is 16.5 Å². The third kappa shape index (κ3) is 24.3. The molecule has 3 aromatic rings. The van der Waals surface area contributed by atoms with Crippen molar-refractivity contribution in [1.29, 1.82) is 5.26 Å². The van der Waals surface area contributed by atoms with E-state index < -0.39 is 0 Å². The van der Waals surface area contributed by atoms with E-state index in [4.69, 9.17) is 5.26 Å². The Morgan fingerprint density at radius 1 is 0.511 bits per heavy atom. The number of aromatic amines is 2. The topological polar surface area (TPSA) is 81.2 Å². The summed E-state index contributed by atoms with van der Waals surface area (Å²) in [5.41, 5.74) is 7.86. The molecule has 45 heavy (non-hydrogen) atoms.